The third kappa shape index (κ3) is 1.97. The van der Waals surface area contributed by atoms with Gasteiger partial charge in [0.25, 0.3) is 0 Å². The predicted molar refractivity (Wildman–Crippen MR) is 84.3 cm³/mol. The third-order valence-corrected chi connectivity index (χ3v) is 6.09. The van der Waals surface area contributed by atoms with Crippen LogP contribution in [0.25, 0.3) is 0 Å². The number of phenols is 2. The van der Waals surface area contributed by atoms with Crippen LogP contribution in [0.1, 0.15) is 45.7 Å². The lowest BCUT2D eigenvalue weighted by Crippen LogP contribution is -2.41. The van der Waals surface area contributed by atoms with Crippen LogP contribution < -0.4 is 5.32 Å². The van der Waals surface area contributed by atoms with Crippen molar-refractivity contribution in [1.29, 1.82) is 0 Å². The highest BCUT2D eigenvalue weighted by Crippen LogP contribution is 2.46. The van der Waals surface area contributed by atoms with Crippen LogP contribution in [-0.4, -0.2) is 16.3 Å². The molecule has 0 saturated heterocycles. The van der Waals surface area contributed by atoms with E-state index >= 15 is 0 Å². The molecule has 1 aromatic carbocycles. The zero-order valence-corrected chi connectivity index (χ0v) is 12.8. The maximum atomic E-state index is 9.90. The monoisotopic (exact) mass is 301 g/mol. The van der Waals surface area contributed by atoms with Crippen LogP contribution in [0.5, 0.6) is 11.5 Å². The fraction of sp³-hybridized carbons (Fsp3) is 0.412. The van der Waals surface area contributed by atoms with Crippen LogP contribution in [0.2, 0.25) is 0 Å². The van der Waals surface area contributed by atoms with E-state index in [1.807, 2.05) is 11.3 Å². The van der Waals surface area contributed by atoms with Gasteiger partial charge in [-0.1, -0.05) is 6.92 Å². The number of benzene rings is 1. The predicted octanol–water partition coefficient (Wildman–Crippen LogP) is 3.27. The zero-order valence-electron chi connectivity index (χ0n) is 12.0. The van der Waals surface area contributed by atoms with Gasteiger partial charge in [0.05, 0.1) is 0 Å². The highest BCUT2D eigenvalue weighted by atomic mass is 32.1. The lowest BCUT2D eigenvalue weighted by atomic mass is 9.74. The average molecular weight is 301 g/mol. The Labute approximate surface area is 128 Å². The maximum Gasteiger partial charge on any atom is 0.157 e. The summed E-state index contributed by atoms with van der Waals surface area (Å²) >= 11 is 1.90. The van der Waals surface area contributed by atoms with E-state index in [2.05, 4.69) is 18.3 Å². The van der Waals surface area contributed by atoms with E-state index < -0.39 is 0 Å². The van der Waals surface area contributed by atoms with Gasteiger partial charge < -0.3 is 15.5 Å². The fourth-order valence-electron chi connectivity index (χ4n) is 3.74. The van der Waals surface area contributed by atoms with Crippen molar-refractivity contribution in [2.24, 2.45) is 0 Å². The van der Waals surface area contributed by atoms with Crippen LogP contribution in [0.15, 0.2) is 18.2 Å². The molecular weight excluding hydrogens is 282 g/mol. The quantitative estimate of drug-likeness (QED) is 0.709. The summed E-state index contributed by atoms with van der Waals surface area (Å²) in [6.45, 7) is 3.15. The summed E-state index contributed by atoms with van der Waals surface area (Å²) in [5.41, 5.74) is 3.77. The highest BCUT2D eigenvalue weighted by molar-refractivity contribution is 7.12. The van der Waals surface area contributed by atoms with Crippen LogP contribution in [0, 0.1) is 0 Å². The minimum Gasteiger partial charge on any atom is -0.504 e. The van der Waals surface area contributed by atoms with E-state index in [0.717, 1.165) is 25.8 Å². The molecule has 4 rings (SSSR count). The number of thiophene rings is 1. The molecule has 0 fully saturated rings. The molecule has 1 aromatic heterocycles. The van der Waals surface area contributed by atoms with Crippen LogP contribution in [-0.2, 0) is 19.4 Å². The molecule has 21 heavy (non-hydrogen) atoms. The largest absolute Gasteiger partial charge is 0.504 e. The van der Waals surface area contributed by atoms with Crippen LogP contribution in [0.3, 0.4) is 0 Å². The van der Waals surface area contributed by atoms with E-state index in [1.54, 1.807) is 12.1 Å². The Morgan fingerprint density at radius 3 is 2.81 bits per heavy atom. The Morgan fingerprint density at radius 1 is 1.19 bits per heavy atom. The summed E-state index contributed by atoms with van der Waals surface area (Å²) in [5.74, 6) is 0.295. The molecule has 4 heteroatoms. The number of rotatable bonds is 1. The Hall–Kier alpha value is -1.52. The zero-order chi connectivity index (χ0) is 14.6. The molecule has 2 aliphatic rings. The minimum absolute atomic E-state index is 0.00393. The van der Waals surface area contributed by atoms with Gasteiger partial charge in [-0.25, -0.2) is 0 Å². The van der Waals surface area contributed by atoms with E-state index in [1.165, 1.54) is 26.4 Å². The van der Waals surface area contributed by atoms with Crippen molar-refractivity contribution in [3.63, 3.8) is 0 Å². The normalized spacial score (nSPS) is 23.3. The Bertz CT molecular complexity index is 707. The minimum atomic E-state index is -0.00697. The van der Waals surface area contributed by atoms with Crippen molar-refractivity contribution in [3.8, 4) is 11.5 Å². The summed E-state index contributed by atoms with van der Waals surface area (Å²) in [5, 5.41) is 23.3. The SMILES string of the molecule is CCc1cc2c(s1)CNC1CCc3cc(O)c(O)cc3C21. The number of nitrogens with one attached hydrogen (secondary N) is 1. The van der Waals surface area contributed by atoms with Gasteiger partial charge in [-0.15, -0.1) is 11.3 Å². The lowest BCUT2D eigenvalue weighted by Gasteiger charge is -2.38. The Morgan fingerprint density at radius 2 is 2.00 bits per heavy atom. The summed E-state index contributed by atoms with van der Waals surface area (Å²) in [6.07, 6.45) is 3.11. The molecule has 0 bridgehead atoms. The molecule has 3 N–H and O–H groups in total. The van der Waals surface area contributed by atoms with Crippen molar-refractivity contribution in [2.45, 2.75) is 44.7 Å². The molecular formula is C17H19NO2S. The van der Waals surface area contributed by atoms with Gasteiger partial charge in [0.15, 0.2) is 11.5 Å². The topological polar surface area (TPSA) is 52.5 Å². The Balaban J connectivity index is 1.88. The molecule has 0 radical (unpaired) electrons. The first kappa shape index (κ1) is 13.2. The van der Waals surface area contributed by atoms with E-state index in [9.17, 15) is 10.2 Å². The fourth-order valence-corrected chi connectivity index (χ4v) is 4.85. The van der Waals surface area contributed by atoms with Crippen molar-refractivity contribution in [2.75, 3.05) is 0 Å². The second-order valence-electron chi connectivity index (χ2n) is 5.99. The van der Waals surface area contributed by atoms with Gasteiger partial charge in [-0.3, -0.25) is 0 Å². The molecule has 1 aliphatic carbocycles. The molecule has 2 aromatic rings. The smallest absolute Gasteiger partial charge is 0.157 e. The number of fused-ring (bicyclic) bond motifs is 5. The van der Waals surface area contributed by atoms with Gasteiger partial charge in [-0.2, -0.15) is 0 Å². The second kappa shape index (κ2) is 4.75. The summed E-state index contributed by atoms with van der Waals surface area (Å²) in [6, 6.07) is 6.29. The Kier molecular flexibility index (Phi) is 2.98. The molecule has 2 atom stereocenters. The third-order valence-electron chi connectivity index (χ3n) is 4.80. The molecule has 3 nitrogen and oxygen atoms in total. The number of hydrogen-bond acceptors (Lipinski definition) is 4. The molecule has 110 valence electrons. The average Bonchev–Trinajstić information content (AvgIpc) is 2.91. The summed E-state index contributed by atoms with van der Waals surface area (Å²) < 4.78 is 0. The van der Waals surface area contributed by atoms with Crippen molar-refractivity contribution >= 4 is 11.3 Å². The first-order valence-corrected chi connectivity index (χ1v) is 8.38. The van der Waals surface area contributed by atoms with Crippen molar-refractivity contribution < 1.29 is 10.2 Å². The van der Waals surface area contributed by atoms with Gasteiger partial charge >= 0.3 is 0 Å². The molecule has 2 unspecified atom stereocenters. The number of aromatic hydroxyl groups is 2. The van der Waals surface area contributed by atoms with Crippen molar-refractivity contribution in [1.82, 2.24) is 5.32 Å². The highest BCUT2D eigenvalue weighted by Gasteiger charge is 2.36. The summed E-state index contributed by atoms with van der Waals surface area (Å²) in [7, 11) is 0. The number of aryl methyl sites for hydroxylation is 2. The van der Waals surface area contributed by atoms with E-state index in [0.29, 0.717) is 12.0 Å². The van der Waals surface area contributed by atoms with E-state index in [-0.39, 0.29) is 11.5 Å². The van der Waals surface area contributed by atoms with Gasteiger partial charge in [0.2, 0.25) is 0 Å². The lowest BCUT2D eigenvalue weighted by molar-refractivity contribution is 0.382. The molecule has 0 amide bonds. The first-order chi connectivity index (χ1) is 10.2. The number of hydrogen-bond donors (Lipinski definition) is 3. The van der Waals surface area contributed by atoms with Gasteiger partial charge in [0, 0.05) is 28.3 Å². The maximum absolute atomic E-state index is 9.90. The molecule has 1 aliphatic heterocycles. The second-order valence-corrected chi connectivity index (χ2v) is 7.21. The van der Waals surface area contributed by atoms with E-state index in [4.69, 9.17) is 0 Å². The summed E-state index contributed by atoms with van der Waals surface area (Å²) in [4.78, 5) is 2.85. The first-order valence-electron chi connectivity index (χ1n) is 7.57. The van der Waals surface area contributed by atoms with Crippen LogP contribution >= 0.6 is 11.3 Å². The van der Waals surface area contributed by atoms with Gasteiger partial charge in [-0.05, 0) is 54.2 Å². The van der Waals surface area contributed by atoms with Gasteiger partial charge in [0.1, 0.15) is 0 Å². The standard InChI is InChI=1S/C17H19NO2S/c1-2-10-6-12-16(21-10)8-18-13-4-3-9-5-14(19)15(20)7-11(9)17(12)13/h5-7,13,17-20H,2-4,8H2,1H3. The van der Waals surface area contributed by atoms with Crippen molar-refractivity contribution in [3.05, 3.63) is 44.6 Å². The number of phenolic OH excluding ortho intramolecular Hbond substituents is 2. The van der Waals surface area contributed by atoms with Crippen LogP contribution in [0.4, 0.5) is 0 Å². The molecule has 0 saturated carbocycles. The molecule has 0 spiro atoms. The molecule has 2 heterocycles.